The van der Waals surface area contributed by atoms with Gasteiger partial charge in [0.15, 0.2) is 23.0 Å². The molecule has 0 radical (unpaired) electrons. The van der Waals surface area contributed by atoms with Crippen LogP contribution in [-0.4, -0.2) is 6.85 Å². The minimum Gasteiger partial charge on any atom is -0.456 e. The lowest BCUT2D eigenvalue weighted by Crippen LogP contribution is -2.62. The molecule has 4 heterocycles. The zero-order valence-electron chi connectivity index (χ0n) is 45.2. The van der Waals surface area contributed by atoms with Crippen LogP contribution in [0.5, 0.6) is 23.0 Å². The largest absolute Gasteiger partial charge is 0.456 e. The minimum atomic E-state index is -0.379. The van der Waals surface area contributed by atoms with Gasteiger partial charge in [0.2, 0.25) is 0 Å². The first-order valence-electron chi connectivity index (χ1n) is 27.3. The topological polar surface area (TPSA) is 38.1 Å². The number of ether oxygens (including phenoxy) is 2. The van der Waals surface area contributed by atoms with E-state index in [2.05, 4.69) is 218 Å². The molecule has 76 heavy (non-hydrogen) atoms. The second-order valence-corrected chi connectivity index (χ2v) is 25.1. The Kier molecular flexibility index (Phi) is 9.18. The first-order chi connectivity index (χ1) is 36.5. The van der Waals surface area contributed by atoms with Crippen molar-refractivity contribution in [3.63, 3.8) is 0 Å². The first kappa shape index (κ1) is 45.4. The lowest BCUT2D eigenvalue weighted by molar-refractivity contribution is 0.332. The van der Waals surface area contributed by atoms with Gasteiger partial charge in [-0.2, -0.15) is 0 Å². The number of furan rings is 1. The molecule has 0 unspecified atom stereocenters. The molecule has 0 saturated heterocycles. The van der Waals surface area contributed by atoms with Gasteiger partial charge in [-0.25, -0.2) is 0 Å². The van der Waals surface area contributed by atoms with E-state index in [4.69, 9.17) is 13.9 Å². The molecule has 1 aromatic heterocycles. The van der Waals surface area contributed by atoms with Gasteiger partial charge < -0.3 is 23.6 Å². The third-order valence-electron chi connectivity index (χ3n) is 18.2. The normalized spacial score (nSPS) is 16.6. The Morgan fingerprint density at radius 1 is 0.513 bits per heavy atom. The Hall–Kier alpha value is -7.96. The molecule has 10 aromatic rings. The summed E-state index contributed by atoms with van der Waals surface area (Å²) in [4.78, 5) is 5.36. The van der Waals surface area contributed by atoms with Crippen LogP contribution in [0.25, 0.3) is 55.3 Å². The molecule has 372 valence electrons. The third kappa shape index (κ3) is 6.21. The molecule has 0 spiro atoms. The van der Waals surface area contributed by atoms with Gasteiger partial charge in [0.25, 0.3) is 0 Å². The number of benzene rings is 9. The summed E-state index contributed by atoms with van der Waals surface area (Å²) in [5, 5.41) is 2.23. The van der Waals surface area contributed by atoms with Gasteiger partial charge in [-0.3, -0.25) is 0 Å². The zero-order valence-corrected chi connectivity index (χ0v) is 45.2. The molecule has 0 fully saturated rings. The smallest absolute Gasteiger partial charge is 0.333 e. The standard InChI is InChI=1S/C70H61BN2O3/c1-40-34-49-50(69(7,8)33-32-68(49,5)6)37-54(40)72-55-39-61-60(75-57-26-18-19-27-58(57)76-61)38-51(55)71-65-47(36-46-43-22-14-16-24-48(43)70(9,10)64(46)66(65)72)62-53(30-31-59-63(62)44-23-15-17-25-56(44)74-59)73(71)52-29-28-42(67(2,3)4)35-45(52)41-20-12-11-13-21-41/h11-31,34-39H,32-33H2,1-10H3. The van der Waals surface area contributed by atoms with Gasteiger partial charge in [-0.1, -0.05) is 159 Å². The average molecular weight is 989 g/mol. The minimum absolute atomic E-state index is 0.0325. The highest BCUT2D eigenvalue weighted by Gasteiger charge is 2.52. The molecule has 0 amide bonds. The lowest BCUT2D eigenvalue weighted by atomic mass is 9.42. The molecule has 0 atom stereocenters. The van der Waals surface area contributed by atoms with Crippen molar-refractivity contribution in [2.24, 2.45) is 0 Å². The average Bonchev–Trinajstić information content (AvgIpc) is 3.72. The summed E-state index contributed by atoms with van der Waals surface area (Å²) in [6, 6.07) is 60.8. The van der Waals surface area contributed by atoms with E-state index in [0.29, 0.717) is 23.0 Å². The Balaban J connectivity index is 1.15. The van der Waals surface area contributed by atoms with E-state index in [9.17, 15) is 0 Å². The zero-order chi connectivity index (χ0) is 51.9. The molecular weight excluding hydrogens is 928 g/mol. The number of hydrogen-bond acceptors (Lipinski definition) is 5. The summed E-state index contributed by atoms with van der Waals surface area (Å²) in [5.41, 5.74) is 24.8. The molecule has 0 bridgehead atoms. The summed E-state index contributed by atoms with van der Waals surface area (Å²) >= 11 is 0. The molecule has 9 aromatic carbocycles. The molecule has 0 saturated carbocycles. The van der Waals surface area contributed by atoms with Crippen molar-refractivity contribution in [1.29, 1.82) is 0 Å². The summed E-state index contributed by atoms with van der Waals surface area (Å²) in [7, 11) is 0. The van der Waals surface area contributed by atoms with Gasteiger partial charge in [-0.15, -0.1) is 0 Å². The molecule has 0 N–H and O–H groups in total. The van der Waals surface area contributed by atoms with Crippen LogP contribution in [0.1, 0.15) is 109 Å². The van der Waals surface area contributed by atoms with Crippen LogP contribution in [-0.2, 0) is 21.7 Å². The Morgan fingerprint density at radius 3 is 1.92 bits per heavy atom. The molecule has 5 nitrogen and oxygen atoms in total. The van der Waals surface area contributed by atoms with Crippen LogP contribution in [0.2, 0.25) is 0 Å². The van der Waals surface area contributed by atoms with E-state index >= 15 is 0 Å². The fourth-order valence-corrected chi connectivity index (χ4v) is 14.1. The van der Waals surface area contributed by atoms with E-state index < -0.39 is 0 Å². The van der Waals surface area contributed by atoms with E-state index in [1.54, 1.807) is 0 Å². The van der Waals surface area contributed by atoms with Crippen molar-refractivity contribution in [2.45, 2.75) is 104 Å². The van der Waals surface area contributed by atoms with Crippen LogP contribution in [0.3, 0.4) is 0 Å². The summed E-state index contributed by atoms with van der Waals surface area (Å²) in [6.07, 6.45) is 2.26. The second kappa shape index (κ2) is 15.3. The number of nitrogens with zero attached hydrogens (tertiary/aromatic N) is 2. The maximum absolute atomic E-state index is 6.99. The molecule has 6 heteroatoms. The Bertz CT molecular complexity index is 4170. The Labute approximate surface area is 446 Å². The van der Waals surface area contributed by atoms with Crippen molar-refractivity contribution in [3.8, 4) is 56.4 Å². The fraction of sp³-hybridized carbons (Fsp3) is 0.229. The SMILES string of the molecule is Cc1cc2c(cc1N1c3cc4c(cc3B3c5c(cc6c(c51)C(C)(C)c1ccccc1-6)-c1c(ccc5oc6ccccc6c15)N3c1ccc(C(C)(C)C)cc1-c1ccccc1)Oc1ccccc1O4)C(C)(C)CCC2(C)C. The number of para-hydroxylation sites is 3. The molecule has 5 aliphatic rings. The maximum atomic E-state index is 6.99. The first-order valence-corrected chi connectivity index (χ1v) is 27.3. The highest BCUT2D eigenvalue weighted by Crippen LogP contribution is 2.61. The summed E-state index contributed by atoms with van der Waals surface area (Å²) < 4.78 is 20.9. The quantitative estimate of drug-likeness (QED) is 0.165. The number of fused-ring (bicyclic) bond motifs is 15. The van der Waals surface area contributed by atoms with Gasteiger partial charge in [0.05, 0.1) is 0 Å². The predicted octanol–water partition coefficient (Wildman–Crippen LogP) is 18.1. The van der Waals surface area contributed by atoms with Crippen LogP contribution in [0.4, 0.5) is 28.4 Å². The number of aryl methyl sites for hydroxylation is 1. The van der Waals surface area contributed by atoms with Crippen molar-refractivity contribution >= 4 is 68.1 Å². The highest BCUT2D eigenvalue weighted by molar-refractivity contribution is 6.94. The molecule has 3 aliphatic heterocycles. The fourth-order valence-electron chi connectivity index (χ4n) is 14.1. The second-order valence-electron chi connectivity index (χ2n) is 25.1. The molecule has 2 aliphatic carbocycles. The van der Waals surface area contributed by atoms with E-state index in [1.165, 1.54) is 83.6 Å². The van der Waals surface area contributed by atoms with Crippen molar-refractivity contribution in [3.05, 3.63) is 197 Å². The molecular formula is C70H61BN2O3. The predicted molar refractivity (Wildman–Crippen MR) is 316 cm³/mol. The number of hydrogen-bond donors (Lipinski definition) is 0. The Morgan fingerprint density at radius 2 is 1.17 bits per heavy atom. The van der Waals surface area contributed by atoms with E-state index in [0.717, 1.165) is 57.3 Å². The van der Waals surface area contributed by atoms with Crippen LogP contribution < -0.4 is 30.1 Å². The van der Waals surface area contributed by atoms with Crippen molar-refractivity contribution < 1.29 is 13.9 Å². The van der Waals surface area contributed by atoms with Crippen LogP contribution >= 0.6 is 0 Å². The highest BCUT2D eigenvalue weighted by atomic mass is 16.6. The lowest BCUT2D eigenvalue weighted by Gasteiger charge is -2.49. The summed E-state index contributed by atoms with van der Waals surface area (Å²) in [6.45, 7) is 23.6. The van der Waals surface area contributed by atoms with Crippen LogP contribution in [0.15, 0.2) is 168 Å². The number of rotatable bonds is 3. The number of anilines is 5. The monoisotopic (exact) mass is 988 g/mol. The van der Waals surface area contributed by atoms with Gasteiger partial charge in [0.1, 0.15) is 11.2 Å². The summed E-state index contributed by atoms with van der Waals surface area (Å²) in [5.74, 6) is 2.82. The van der Waals surface area contributed by atoms with E-state index in [-0.39, 0.29) is 28.5 Å². The van der Waals surface area contributed by atoms with Crippen LogP contribution in [0, 0.1) is 6.92 Å². The van der Waals surface area contributed by atoms with Gasteiger partial charge in [0, 0.05) is 61.8 Å². The van der Waals surface area contributed by atoms with E-state index in [1.807, 2.05) is 24.3 Å². The van der Waals surface area contributed by atoms with Gasteiger partial charge in [-0.05, 0) is 163 Å². The third-order valence-corrected chi connectivity index (χ3v) is 18.2. The van der Waals surface area contributed by atoms with Crippen molar-refractivity contribution in [1.82, 2.24) is 0 Å². The maximum Gasteiger partial charge on any atom is 0.333 e. The van der Waals surface area contributed by atoms with Crippen molar-refractivity contribution in [2.75, 3.05) is 9.71 Å². The van der Waals surface area contributed by atoms with Gasteiger partial charge >= 0.3 is 6.85 Å². The molecule has 15 rings (SSSR count).